The van der Waals surface area contributed by atoms with Gasteiger partial charge in [-0.3, -0.25) is 0 Å². The average molecular weight is 205 g/mol. The van der Waals surface area contributed by atoms with Crippen molar-refractivity contribution in [2.45, 2.75) is 0 Å². The van der Waals surface area contributed by atoms with E-state index in [2.05, 4.69) is 6.58 Å². The molecule has 0 amide bonds. The largest absolute Gasteiger partial charge is 0.489 e. The Morgan fingerprint density at radius 3 is 2.71 bits per heavy atom. The van der Waals surface area contributed by atoms with Crippen LogP contribution in [-0.4, -0.2) is 35.0 Å². The van der Waals surface area contributed by atoms with Crippen molar-refractivity contribution in [3.8, 4) is 5.75 Å². The molecule has 0 unspecified atom stereocenters. The molecule has 14 heavy (non-hydrogen) atoms. The molecule has 0 bridgehead atoms. The first-order chi connectivity index (χ1) is 6.25. The Bertz CT molecular complexity index is 323. The second kappa shape index (κ2) is 6.25. The Hall–Kier alpha value is -1.24. The number of carboxylic acid groups (broad SMARTS) is 1. The van der Waals surface area contributed by atoms with E-state index < -0.39 is 5.97 Å². The molecule has 0 aliphatic rings. The van der Waals surface area contributed by atoms with Crippen LogP contribution in [0.4, 0.5) is 0 Å². The second-order valence-electron chi connectivity index (χ2n) is 2.40. The fraction of sp³-hybridized carbons (Fsp3) is 0.100. The van der Waals surface area contributed by atoms with Crippen molar-refractivity contribution < 1.29 is 14.6 Å². The van der Waals surface area contributed by atoms with Gasteiger partial charge in [-0.2, -0.15) is 0 Å². The third-order valence-electron chi connectivity index (χ3n) is 1.47. The van der Waals surface area contributed by atoms with Crippen molar-refractivity contribution in [1.29, 1.82) is 0 Å². The first kappa shape index (κ1) is 12.8. The molecule has 1 aromatic rings. The van der Waals surface area contributed by atoms with E-state index in [0.717, 1.165) is 0 Å². The maximum absolute atomic E-state index is 10.7. The van der Waals surface area contributed by atoms with Crippen molar-refractivity contribution in [3.63, 3.8) is 0 Å². The van der Waals surface area contributed by atoms with E-state index in [0.29, 0.717) is 12.4 Å². The van der Waals surface area contributed by atoms with E-state index in [9.17, 15) is 4.79 Å². The zero-order chi connectivity index (χ0) is 9.68. The Morgan fingerprint density at radius 2 is 2.14 bits per heavy atom. The maximum Gasteiger partial charge on any atom is 0.339 e. The zero-order valence-corrected chi connectivity index (χ0v) is 8.80. The highest BCUT2D eigenvalue weighted by molar-refractivity contribution is 5.90. The fourth-order valence-electron chi connectivity index (χ4n) is 0.918. The fourth-order valence-corrected chi connectivity index (χ4v) is 0.918. The molecule has 0 heterocycles. The minimum atomic E-state index is -0.986. The molecule has 3 nitrogen and oxygen atoms in total. The smallest absolute Gasteiger partial charge is 0.339 e. The lowest BCUT2D eigenvalue weighted by atomic mass is 10.2. The lowest BCUT2D eigenvalue weighted by Crippen LogP contribution is -2.02. The molecule has 1 rings (SSSR count). The standard InChI is InChI=1S/C10H10O3.Al/c1-2-7-13-9-6-4-3-5-8(9)10(11)12;/h2-6H,1,7H2,(H,11,12);. The minimum absolute atomic E-state index is 0. The summed E-state index contributed by atoms with van der Waals surface area (Å²) in [4.78, 5) is 10.7. The predicted octanol–water partition coefficient (Wildman–Crippen LogP) is 1.57. The van der Waals surface area contributed by atoms with Gasteiger partial charge in [0.15, 0.2) is 0 Å². The highest BCUT2D eigenvalue weighted by Crippen LogP contribution is 2.17. The molecule has 71 valence electrons. The van der Waals surface area contributed by atoms with Crippen molar-refractivity contribution in [3.05, 3.63) is 42.5 Å². The zero-order valence-electron chi connectivity index (χ0n) is 7.64. The number of carbonyl (C=O) groups is 1. The summed E-state index contributed by atoms with van der Waals surface area (Å²) >= 11 is 0. The molecule has 0 spiro atoms. The van der Waals surface area contributed by atoms with Gasteiger partial charge in [-0.05, 0) is 12.1 Å². The molecule has 0 aliphatic heterocycles. The molecule has 3 radical (unpaired) electrons. The molecule has 1 aromatic carbocycles. The molecule has 0 saturated carbocycles. The quantitative estimate of drug-likeness (QED) is 0.599. The average Bonchev–Trinajstić information content (AvgIpc) is 2.15. The van der Waals surface area contributed by atoms with Crippen LogP contribution in [0.3, 0.4) is 0 Å². The number of benzene rings is 1. The van der Waals surface area contributed by atoms with Gasteiger partial charge in [0.05, 0.1) is 0 Å². The van der Waals surface area contributed by atoms with Gasteiger partial charge in [-0.25, -0.2) is 4.79 Å². The van der Waals surface area contributed by atoms with E-state index >= 15 is 0 Å². The second-order valence-corrected chi connectivity index (χ2v) is 2.40. The topological polar surface area (TPSA) is 46.5 Å². The van der Waals surface area contributed by atoms with Crippen LogP contribution in [0.5, 0.6) is 5.75 Å². The highest BCUT2D eigenvalue weighted by atomic mass is 27.0. The number of carboxylic acids is 1. The SMILES string of the molecule is C=CCOc1ccccc1C(=O)O.[Al]. The van der Waals surface area contributed by atoms with E-state index in [-0.39, 0.29) is 22.9 Å². The monoisotopic (exact) mass is 205 g/mol. The Morgan fingerprint density at radius 1 is 1.50 bits per heavy atom. The molecule has 0 fully saturated rings. The number of para-hydroxylation sites is 1. The van der Waals surface area contributed by atoms with E-state index in [1.807, 2.05) is 0 Å². The van der Waals surface area contributed by atoms with Crippen molar-refractivity contribution in [1.82, 2.24) is 0 Å². The third kappa shape index (κ3) is 3.25. The van der Waals surface area contributed by atoms with Gasteiger partial charge < -0.3 is 9.84 Å². The van der Waals surface area contributed by atoms with Crippen LogP contribution in [0.25, 0.3) is 0 Å². The van der Waals surface area contributed by atoms with Crippen LogP contribution in [0.15, 0.2) is 36.9 Å². The van der Waals surface area contributed by atoms with Crippen LogP contribution in [0, 0.1) is 0 Å². The van der Waals surface area contributed by atoms with Gasteiger partial charge in [-0.15, -0.1) is 0 Å². The highest BCUT2D eigenvalue weighted by Gasteiger charge is 2.08. The summed E-state index contributed by atoms with van der Waals surface area (Å²) in [7, 11) is 0. The van der Waals surface area contributed by atoms with Gasteiger partial charge in [-0.1, -0.05) is 24.8 Å². The van der Waals surface area contributed by atoms with Crippen molar-refractivity contribution in [2.24, 2.45) is 0 Å². The lowest BCUT2D eigenvalue weighted by Gasteiger charge is -2.05. The molecule has 0 aromatic heterocycles. The maximum atomic E-state index is 10.7. The summed E-state index contributed by atoms with van der Waals surface area (Å²) in [6.45, 7) is 3.79. The number of ether oxygens (including phenoxy) is 1. The predicted molar refractivity (Wildman–Crippen MR) is 54.8 cm³/mol. The summed E-state index contributed by atoms with van der Waals surface area (Å²) < 4.78 is 5.15. The van der Waals surface area contributed by atoms with Crippen LogP contribution < -0.4 is 4.74 Å². The molecular weight excluding hydrogens is 195 g/mol. The number of aromatic carboxylic acids is 1. The molecule has 0 atom stereocenters. The summed E-state index contributed by atoms with van der Waals surface area (Å²) in [6, 6.07) is 6.50. The normalized spacial score (nSPS) is 8.57. The molecule has 4 heteroatoms. The van der Waals surface area contributed by atoms with Crippen LogP contribution >= 0.6 is 0 Å². The number of hydrogen-bond donors (Lipinski definition) is 1. The first-order valence-electron chi connectivity index (χ1n) is 3.81. The van der Waals surface area contributed by atoms with E-state index in [1.54, 1.807) is 24.3 Å². The number of hydrogen-bond acceptors (Lipinski definition) is 2. The molecule has 0 saturated heterocycles. The molecule has 1 N–H and O–H groups in total. The van der Waals surface area contributed by atoms with Gasteiger partial charge in [0.1, 0.15) is 17.9 Å². The molecular formula is C10H10AlO3. The third-order valence-corrected chi connectivity index (χ3v) is 1.47. The van der Waals surface area contributed by atoms with E-state index in [4.69, 9.17) is 9.84 Å². The van der Waals surface area contributed by atoms with Gasteiger partial charge in [0, 0.05) is 17.4 Å². The summed E-state index contributed by atoms with van der Waals surface area (Å²) in [5.74, 6) is -0.616. The van der Waals surface area contributed by atoms with Crippen molar-refractivity contribution in [2.75, 3.05) is 6.61 Å². The van der Waals surface area contributed by atoms with Gasteiger partial charge >= 0.3 is 5.97 Å². The first-order valence-corrected chi connectivity index (χ1v) is 3.81. The van der Waals surface area contributed by atoms with Gasteiger partial charge in [0.25, 0.3) is 0 Å². The Kier molecular flexibility index (Phi) is 5.70. The van der Waals surface area contributed by atoms with E-state index in [1.165, 1.54) is 6.07 Å². The van der Waals surface area contributed by atoms with Gasteiger partial charge in [0.2, 0.25) is 0 Å². The lowest BCUT2D eigenvalue weighted by molar-refractivity contribution is 0.0693. The summed E-state index contributed by atoms with van der Waals surface area (Å²) in [6.07, 6.45) is 1.57. The number of rotatable bonds is 4. The summed E-state index contributed by atoms with van der Waals surface area (Å²) in [5.41, 5.74) is 0.171. The molecule has 0 aliphatic carbocycles. The van der Waals surface area contributed by atoms with Crippen molar-refractivity contribution >= 4 is 23.3 Å². The Labute approximate surface area is 93.1 Å². The van der Waals surface area contributed by atoms with Crippen LogP contribution in [0.2, 0.25) is 0 Å². The van der Waals surface area contributed by atoms with Crippen LogP contribution in [-0.2, 0) is 0 Å². The minimum Gasteiger partial charge on any atom is -0.489 e. The summed E-state index contributed by atoms with van der Waals surface area (Å²) in [5, 5.41) is 8.76. The Balaban J connectivity index is 0.00000169. The van der Waals surface area contributed by atoms with Crippen LogP contribution in [0.1, 0.15) is 10.4 Å².